The molecule has 5 rings (SSSR count). The molecule has 2 heterocycles. The Labute approximate surface area is 181 Å². The maximum Gasteiger partial charge on any atom is 0.307 e. The lowest BCUT2D eigenvalue weighted by Gasteiger charge is -2.27. The molecule has 7 nitrogen and oxygen atoms in total. The van der Waals surface area contributed by atoms with Gasteiger partial charge in [-0.05, 0) is 37.7 Å². The Morgan fingerprint density at radius 2 is 1.90 bits per heavy atom. The average molecular weight is 451 g/mol. The van der Waals surface area contributed by atoms with Crippen LogP contribution in [-0.2, 0) is 22.4 Å². The number of halogens is 2. The molecule has 1 amide bonds. The summed E-state index contributed by atoms with van der Waals surface area (Å²) in [5.74, 6) is -4.43. The van der Waals surface area contributed by atoms with Crippen LogP contribution in [0.1, 0.15) is 67.1 Å². The highest BCUT2D eigenvalue weighted by Gasteiger charge is 2.41. The Bertz CT molecular complexity index is 1030. The van der Waals surface area contributed by atoms with Crippen molar-refractivity contribution >= 4 is 28.2 Å². The number of thiophene rings is 1. The first-order chi connectivity index (χ1) is 14.8. The standard InChI is InChI=1S/C21H23F2N3O4S/c22-21(23)8-7-13-14(9-21)31-19(15(13)18-24-16(26-30-18)10-5-6-10)25-17(27)11-3-1-2-4-12(11)20(28)29/h10-12H,1-9H2,(H,25,27)(H,28,29)/t11-,12+/m0/s1. The van der Waals surface area contributed by atoms with Gasteiger partial charge in [-0.25, -0.2) is 8.78 Å². The number of carboxylic acid groups (broad SMARTS) is 1. The van der Waals surface area contributed by atoms with E-state index in [0.717, 1.165) is 42.6 Å². The average Bonchev–Trinajstić information content (AvgIpc) is 3.36. The number of amides is 1. The Kier molecular flexibility index (Phi) is 5.07. The highest BCUT2D eigenvalue weighted by atomic mass is 32.1. The predicted molar refractivity (Wildman–Crippen MR) is 108 cm³/mol. The minimum absolute atomic E-state index is 0.159. The van der Waals surface area contributed by atoms with Gasteiger partial charge in [0.15, 0.2) is 5.82 Å². The Morgan fingerprint density at radius 3 is 2.61 bits per heavy atom. The molecule has 0 aliphatic heterocycles. The van der Waals surface area contributed by atoms with Gasteiger partial charge in [-0.15, -0.1) is 11.3 Å². The maximum absolute atomic E-state index is 14.0. The highest BCUT2D eigenvalue weighted by Crippen LogP contribution is 2.48. The van der Waals surface area contributed by atoms with Crippen molar-refractivity contribution in [1.82, 2.24) is 10.1 Å². The second kappa shape index (κ2) is 7.65. The first kappa shape index (κ1) is 20.5. The van der Waals surface area contributed by atoms with Crippen LogP contribution in [0.4, 0.5) is 13.8 Å². The molecule has 0 unspecified atom stereocenters. The van der Waals surface area contributed by atoms with Crippen LogP contribution in [0, 0.1) is 11.8 Å². The van der Waals surface area contributed by atoms with E-state index in [2.05, 4.69) is 15.5 Å². The van der Waals surface area contributed by atoms with E-state index in [0.29, 0.717) is 34.1 Å². The van der Waals surface area contributed by atoms with Crippen molar-refractivity contribution in [1.29, 1.82) is 0 Å². The van der Waals surface area contributed by atoms with Crippen molar-refractivity contribution in [3.63, 3.8) is 0 Å². The minimum atomic E-state index is -2.79. The van der Waals surface area contributed by atoms with Gasteiger partial charge >= 0.3 is 5.97 Å². The first-order valence-corrected chi connectivity index (χ1v) is 11.5. The van der Waals surface area contributed by atoms with E-state index in [1.54, 1.807) is 0 Å². The summed E-state index contributed by atoms with van der Waals surface area (Å²) in [5.41, 5.74) is 1.24. The number of aliphatic carboxylic acids is 1. The van der Waals surface area contributed by atoms with Crippen molar-refractivity contribution in [2.75, 3.05) is 5.32 Å². The lowest BCUT2D eigenvalue weighted by atomic mass is 9.78. The number of carbonyl (C=O) groups excluding carboxylic acids is 1. The monoisotopic (exact) mass is 451 g/mol. The van der Waals surface area contributed by atoms with Gasteiger partial charge in [-0.2, -0.15) is 4.98 Å². The molecule has 2 fully saturated rings. The van der Waals surface area contributed by atoms with Crippen molar-refractivity contribution in [2.45, 2.75) is 69.6 Å². The third kappa shape index (κ3) is 3.97. The van der Waals surface area contributed by atoms with Gasteiger partial charge in [0.25, 0.3) is 11.8 Å². The van der Waals surface area contributed by atoms with Crippen LogP contribution in [0.3, 0.4) is 0 Å². The summed E-state index contributed by atoms with van der Waals surface area (Å²) in [4.78, 5) is 29.7. The summed E-state index contributed by atoms with van der Waals surface area (Å²) < 4.78 is 33.5. The van der Waals surface area contributed by atoms with Gasteiger partial charge in [-0.3, -0.25) is 9.59 Å². The third-order valence-corrected chi connectivity index (χ3v) is 7.65. The molecule has 0 spiro atoms. The van der Waals surface area contributed by atoms with E-state index < -0.39 is 23.7 Å². The second-order valence-electron chi connectivity index (χ2n) is 8.80. The summed E-state index contributed by atoms with van der Waals surface area (Å²) in [7, 11) is 0. The zero-order chi connectivity index (χ0) is 21.8. The van der Waals surface area contributed by atoms with E-state index in [1.165, 1.54) is 0 Å². The fourth-order valence-corrected chi connectivity index (χ4v) is 5.97. The van der Waals surface area contributed by atoms with E-state index in [9.17, 15) is 23.5 Å². The van der Waals surface area contributed by atoms with Gasteiger partial charge in [0.1, 0.15) is 5.00 Å². The second-order valence-corrected chi connectivity index (χ2v) is 9.90. The number of carboxylic acids is 1. The van der Waals surface area contributed by atoms with Crippen molar-refractivity contribution in [3.05, 3.63) is 16.3 Å². The van der Waals surface area contributed by atoms with Crippen molar-refractivity contribution in [2.24, 2.45) is 11.8 Å². The smallest absolute Gasteiger partial charge is 0.307 e. The van der Waals surface area contributed by atoms with Crippen LogP contribution >= 0.6 is 11.3 Å². The molecule has 31 heavy (non-hydrogen) atoms. The fourth-order valence-electron chi connectivity index (χ4n) is 4.65. The molecule has 2 aromatic rings. The molecule has 2 saturated carbocycles. The van der Waals surface area contributed by atoms with Crippen LogP contribution < -0.4 is 5.32 Å². The number of nitrogens with one attached hydrogen (secondary N) is 1. The van der Waals surface area contributed by atoms with E-state index in [-0.39, 0.29) is 37.0 Å². The van der Waals surface area contributed by atoms with E-state index in [4.69, 9.17) is 4.52 Å². The number of fused-ring (bicyclic) bond motifs is 1. The van der Waals surface area contributed by atoms with Crippen LogP contribution in [0.25, 0.3) is 11.5 Å². The number of alkyl halides is 2. The maximum atomic E-state index is 14.0. The molecule has 0 bridgehead atoms. The molecular formula is C21H23F2N3O4S. The Balaban J connectivity index is 1.49. The number of aromatic nitrogens is 2. The van der Waals surface area contributed by atoms with Crippen LogP contribution in [0.5, 0.6) is 0 Å². The van der Waals surface area contributed by atoms with Crippen LogP contribution in [-0.4, -0.2) is 33.0 Å². The molecule has 0 radical (unpaired) electrons. The fraction of sp³-hybridized carbons (Fsp3) is 0.619. The zero-order valence-corrected chi connectivity index (χ0v) is 17.6. The van der Waals surface area contributed by atoms with Crippen molar-refractivity contribution < 1.29 is 28.0 Å². The summed E-state index contributed by atoms with van der Waals surface area (Å²) >= 11 is 1.11. The Morgan fingerprint density at radius 1 is 1.16 bits per heavy atom. The van der Waals surface area contributed by atoms with E-state index in [1.807, 2.05) is 0 Å². The number of rotatable bonds is 5. The van der Waals surface area contributed by atoms with Gasteiger partial charge in [0.05, 0.1) is 17.4 Å². The number of carbonyl (C=O) groups is 2. The van der Waals surface area contributed by atoms with Crippen molar-refractivity contribution in [3.8, 4) is 11.5 Å². The van der Waals surface area contributed by atoms with Gasteiger partial charge < -0.3 is 14.9 Å². The van der Waals surface area contributed by atoms with Crippen LogP contribution in [0.2, 0.25) is 0 Å². The molecule has 3 aliphatic rings. The Hall–Kier alpha value is -2.36. The summed E-state index contributed by atoms with van der Waals surface area (Å²) in [6, 6.07) is 0. The number of hydrogen-bond acceptors (Lipinski definition) is 6. The van der Waals surface area contributed by atoms with Gasteiger partial charge in [0, 0.05) is 23.6 Å². The van der Waals surface area contributed by atoms with Gasteiger partial charge in [0.2, 0.25) is 5.91 Å². The molecule has 3 aliphatic carbocycles. The molecule has 2 aromatic heterocycles. The normalized spacial score (nSPS) is 25.1. The number of anilines is 1. The lowest BCUT2D eigenvalue weighted by molar-refractivity contribution is -0.147. The summed E-state index contributed by atoms with van der Waals surface area (Å²) in [6.45, 7) is 0. The molecule has 2 N–H and O–H groups in total. The number of hydrogen-bond donors (Lipinski definition) is 2. The van der Waals surface area contributed by atoms with Crippen LogP contribution in [0.15, 0.2) is 4.52 Å². The molecular weight excluding hydrogens is 428 g/mol. The molecule has 10 heteroatoms. The van der Waals surface area contributed by atoms with E-state index >= 15 is 0 Å². The lowest BCUT2D eigenvalue weighted by Crippen LogP contribution is -2.36. The summed E-state index contributed by atoms with van der Waals surface area (Å²) in [6.07, 6.45) is 4.01. The van der Waals surface area contributed by atoms with Gasteiger partial charge in [-0.1, -0.05) is 18.0 Å². The topological polar surface area (TPSA) is 105 Å². The zero-order valence-electron chi connectivity index (χ0n) is 16.8. The quantitative estimate of drug-likeness (QED) is 0.687. The molecule has 0 saturated heterocycles. The SMILES string of the molecule is O=C(Nc1sc2c(c1-c1nc(C3CC3)no1)CCC(F)(F)C2)[C@H]1CCCC[C@H]1C(=O)O. The number of nitrogens with zero attached hydrogens (tertiary/aromatic N) is 2. The molecule has 2 atom stereocenters. The first-order valence-electron chi connectivity index (χ1n) is 10.7. The third-order valence-electron chi connectivity index (χ3n) is 6.51. The minimum Gasteiger partial charge on any atom is -0.481 e. The molecule has 0 aromatic carbocycles. The largest absolute Gasteiger partial charge is 0.481 e. The predicted octanol–water partition coefficient (Wildman–Crippen LogP) is 4.63. The summed E-state index contributed by atoms with van der Waals surface area (Å²) in [5, 5.41) is 16.8. The molecule has 166 valence electrons. The highest BCUT2D eigenvalue weighted by molar-refractivity contribution is 7.17.